The van der Waals surface area contributed by atoms with Crippen molar-refractivity contribution >= 4 is 28.4 Å². The second kappa shape index (κ2) is 3.16. The van der Waals surface area contributed by atoms with Crippen LogP contribution < -0.4 is 11.3 Å². The van der Waals surface area contributed by atoms with Crippen molar-refractivity contribution in [1.29, 1.82) is 0 Å². The Hall–Kier alpha value is -0.360. The molecule has 1 heterocycles. The molecular formula is C6H8IN3. The standard InChI is InChI=1S/C6H8IN3/c1-4-2-5(7)3-9-6(4)10-8/h2-3H,8H2,1H3,(H,9,10). The van der Waals surface area contributed by atoms with Crippen LogP contribution in [0.4, 0.5) is 5.82 Å². The number of pyridine rings is 1. The Morgan fingerprint density at radius 3 is 2.90 bits per heavy atom. The highest BCUT2D eigenvalue weighted by molar-refractivity contribution is 14.1. The van der Waals surface area contributed by atoms with Crippen molar-refractivity contribution in [2.45, 2.75) is 6.92 Å². The Labute approximate surface area is 73.1 Å². The lowest BCUT2D eigenvalue weighted by Crippen LogP contribution is -2.09. The molecule has 54 valence electrons. The molecule has 0 aliphatic carbocycles. The van der Waals surface area contributed by atoms with Gasteiger partial charge in [-0.3, -0.25) is 0 Å². The maximum absolute atomic E-state index is 5.19. The number of halogens is 1. The Balaban J connectivity index is 3.07. The van der Waals surface area contributed by atoms with E-state index in [4.69, 9.17) is 5.84 Å². The van der Waals surface area contributed by atoms with E-state index in [9.17, 15) is 0 Å². The summed E-state index contributed by atoms with van der Waals surface area (Å²) in [4.78, 5) is 4.05. The van der Waals surface area contributed by atoms with Crippen LogP contribution in [0.5, 0.6) is 0 Å². The van der Waals surface area contributed by atoms with Crippen molar-refractivity contribution in [3.05, 3.63) is 21.4 Å². The minimum atomic E-state index is 0.736. The minimum absolute atomic E-state index is 0.736. The van der Waals surface area contributed by atoms with E-state index >= 15 is 0 Å². The van der Waals surface area contributed by atoms with Gasteiger partial charge in [0.25, 0.3) is 0 Å². The van der Waals surface area contributed by atoms with E-state index in [0.29, 0.717) is 0 Å². The van der Waals surface area contributed by atoms with Crippen LogP contribution in [0.15, 0.2) is 12.3 Å². The van der Waals surface area contributed by atoms with Gasteiger partial charge in [0.2, 0.25) is 0 Å². The molecule has 4 heteroatoms. The van der Waals surface area contributed by atoms with E-state index < -0.39 is 0 Å². The van der Waals surface area contributed by atoms with Gasteiger partial charge < -0.3 is 5.43 Å². The van der Waals surface area contributed by atoms with Crippen molar-refractivity contribution in [3.63, 3.8) is 0 Å². The van der Waals surface area contributed by atoms with E-state index in [0.717, 1.165) is 15.0 Å². The number of nitrogens with zero attached hydrogens (tertiary/aromatic N) is 1. The summed E-state index contributed by atoms with van der Waals surface area (Å²) in [7, 11) is 0. The molecule has 0 radical (unpaired) electrons. The van der Waals surface area contributed by atoms with Gasteiger partial charge in [0.15, 0.2) is 0 Å². The molecule has 3 nitrogen and oxygen atoms in total. The van der Waals surface area contributed by atoms with Crippen LogP contribution in [-0.4, -0.2) is 4.98 Å². The van der Waals surface area contributed by atoms with Crippen LogP contribution >= 0.6 is 22.6 Å². The third kappa shape index (κ3) is 1.57. The van der Waals surface area contributed by atoms with Crippen molar-refractivity contribution in [3.8, 4) is 0 Å². The van der Waals surface area contributed by atoms with Crippen LogP contribution in [-0.2, 0) is 0 Å². The van der Waals surface area contributed by atoms with Crippen LogP contribution in [0.3, 0.4) is 0 Å². The van der Waals surface area contributed by atoms with Gasteiger partial charge in [0.1, 0.15) is 5.82 Å². The summed E-state index contributed by atoms with van der Waals surface area (Å²) < 4.78 is 1.12. The smallest absolute Gasteiger partial charge is 0.142 e. The Morgan fingerprint density at radius 1 is 1.70 bits per heavy atom. The quantitative estimate of drug-likeness (QED) is 0.448. The zero-order chi connectivity index (χ0) is 7.56. The predicted molar refractivity (Wildman–Crippen MR) is 49.5 cm³/mol. The highest BCUT2D eigenvalue weighted by Crippen LogP contribution is 2.12. The van der Waals surface area contributed by atoms with Crippen LogP contribution in [0.1, 0.15) is 5.56 Å². The Bertz CT molecular complexity index is 236. The molecule has 0 fully saturated rings. The van der Waals surface area contributed by atoms with Crippen molar-refractivity contribution in [1.82, 2.24) is 4.98 Å². The monoisotopic (exact) mass is 249 g/mol. The number of rotatable bonds is 1. The van der Waals surface area contributed by atoms with Gasteiger partial charge in [-0.25, -0.2) is 10.8 Å². The molecule has 10 heavy (non-hydrogen) atoms. The molecule has 1 rings (SSSR count). The molecule has 0 aliphatic rings. The number of aromatic nitrogens is 1. The second-order valence-electron chi connectivity index (χ2n) is 1.96. The average Bonchev–Trinajstić information content (AvgIpc) is 1.88. The van der Waals surface area contributed by atoms with E-state index in [1.165, 1.54) is 0 Å². The molecule has 1 aromatic rings. The maximum Gasteiger partial charge on any atom is 0.142 e. The van der Waals surface area contributed by atoms with Gasteiger partial charge in [-0.2, -0.15) is 0 Å². The first kappa shape index (κ1) is 7.74. The zero-order valence-corrected chi connectivity index (χ0v) is 7.71. The number of nitrogen functional groups attached to an aromatic ring is 1. The summed E-state index contributed by atoms with van der Waals surface area (Å²) in [6, 6.07) is 2.02. The van der Waals surface area contributed by atoms with Crippen LogP contribution in [0, 0.1) is 10.5 Å². The van der Waals surface area contributed by atoms with Crippen LogP contribution in [0.25, 0.3) is 0 Å². The molecule has 0 aliphatic heterocycles. The molecule has 0 atom stereocenters. The van der Waals surface area contributed by atoms with Crippen molar-refractivity contribution in [2.75, 3.05) is 5.43 Å². The first-order chi connectivity index (χ1) is 4.74. The number of aryl methyl sites for hydroxylation is 1. The SMILES string of the molecule is Cc1cc(I)cnc1NN. The second-order valence-corrected chi connectivity index (χ2v) is 3.21. The summed E-state index contributed by atoms with van der Waals surface area (Å²) in [5.41, 5.74) is 3.57. The minimum Gasteiger partial charge on any atom is -0.308 e. The molecule has 0 aromatic carbocycles. The van der Waals surface area contributed by atoms with E-state index in [-0.39, 0.29) is 0 Å². The molecule has 0 amide bonds. The fourth-order valence-electron chi connectivity index (χ4n) is 0.692. The number of nitrogens with two attached hydrogens (primary N) is 1. The third-order valence-corrected chi connectivity index (χ3v) is 1.77. The van der Waals surface area contributed by atoms with Gasteiger partial charge in [-0.15, -0.1) is 0 Å². The van der Waals surface area contributed by atoms with E-state index in [1.807, 2.05) is 13.0 Å². The Kier molecular flexibility index (Phi) is 2.44. The van der Waals surface area contributed by atoms with Gasteiger partial charge in [-0.1, -0.05) is 0 Å². The highest BCUT2D eigenvalue weighted by Gasteiger charge is 1.95. The summed E-state index contributed by atoms with van der Waals surface area (Å²) in [6.45, 7) is 1.96. The Morgan fingerprint density at radius 2 is 2.40 bits per heavy atom. The van der Waals surface area contributed by atoms with Gasteiger partial charge in [0.05, 0.1) is 0 Å². The highest BCUT2D eigenvalue weighted by atomic mass is 127. The van der Waals surface area contributed by atoms with Crippen LogP contribution in [0.2, 0.25) is 0 Å². The van der Waals surface area contributed by atoms with E-state index in [1.54, 1.807) is 6.20 Å². The van der Waals surface area contributed by atoms with Crippen molar-refractivity contribution < 1.29 is 0 Å². The van der Waals surface area contributed by atoms with E-state index in [2.05, 4.69) is 33.0 Å². The molecular weight excluding hydrogens is 241 g/mol. The number of anilines is 1. The zero-order valence-electron chi connectivity index (χ0n) is 5.56. The van der Waals surface area contributed by atoms with Crippen molar-refractivity contribution in [2.24, 2.45) is 5.84 Å². The van der Waals surface area contributed by atoms with Gasteiger partial charge in [0, 0.05) is 9.77 Å². The average molecular weight is 249 g/mol. The normalized spacial score (nSPS) is 9.50. The van der Waals surface area contributed by atoms with Gasteiger partial charge in [-0.05, 0) is 41.1 Å². The number of nitrogens with one attached hydrogen (secondary N) is 1. The molecule has 0 saturated carbocycles. The first-order valence-corrected chi connectivity index (χ1v) is 3.90. The summed E-state index contributed by atoms with van der Waals surface area (Å²) in [6.07, 6.45) is 1.77. The topological polar surface area (TPSA) is 50.9 Å². The molecule has 0 bridgehead atoms. The number of hydrazine groups is 1. The lowest BCUT2D eigenvalue weighted by molar-refractivity contribution is 1.18. The largest absolute Gasteiger partial charge is 0.308 e. The predicted octanol–water partition coefficient (Wildman–Crippen LogP) is 1.28. The number of hydrogen-bond acceptors (Lipinski definition) is 3. The third-order valence-electron chi connectivity index (χ3n) is 1.18. The van der Waals surface area contributed by atoms with Gasteiger partial charge >= 0.3 is 0 Å². The molecule has 0 saturated heterocycles. The molecule has 3 N–H and O–H groups in total. The lowest BCUT2D eigenvalue weighted by Gasteiger charge is -2.01. The molecule has 1 aromatic heterocycles. The fourth-order valence-corrected chi connectivity index (χ4v) is 1.30. The summed E-state index contributed by atoms with van der Waals surface area (Å²) >= 11 is 2.21. The summed E-state index contributed by atoms with van der Waals surface area (Å²) in [5, 5.41) is 0. The maximum atomic E-state index is 5.19. The molecule has 0 spiro atoms. The lowest BCUT2D eigenvalue weighted by atomic mass is 10.3. The molecule has 0 unspecified atom stereocenters. The summed E-state index contributed by atoms with van der Waals surface area (Å²) in [5.74, 6) is 5.92. The fraction of sp³-hybridized carbons (Fsp3) is 0.167. The first-order valence-electron chi connectivity index (χ1n) is 2.83. The number of hydrogen-bond donors (Lipinski definition) is 2.